The van der Waals surface area contributed by atoms with Crippen LogP contribution in [-0.4, -0.2) is 75.3 Å². The van der Waals surface area contributed by atoms with Crippen molar-refractivity contribution in [1.29, 1.82) is 0 Å². The summed E-state index contributed by atoms with van der Waals surface area (Å²) >= 11 is -4.07. The van der Waals surface area contributed by atoms with Crippen molar-refractivity contribution in [2.75, 3.05) is 44.4 Å². The van der Waals surface area contributed by atoms with Gasteiger partial charge < -0.3 is 0 Å². The Morgan fingerprint density at radius 3 is 2.82 bits per heavy atom. The molecule has 2 aromatic heterocycles. The molecule has 4 rings (SSSR count). The van der Waals surface area contributed by atoms with Gasteiger partial charge in [0.25, 0.3) is 0 Å². The summed E-state index contributed by atoms with van der Waals surface area (Å²) in [6, 6.07) is 10.3. The van der Waals surface area contributed by atoms with Crippen molar-refractivity contribution in [2.24, 2.45) is 0 Å². The van der Waals surface area contributed by atoms with E-state index in [-0.39, 0.29) is 16.7 Å². The number of fused-ring (bicyclic) bond motifs is 1. The number of rotatable bonds is 6. The van der Waals surface area contributed by atoms with Gasteiger partial charge in [0.05, 0.1) is 0 Å². The standard InChI is InChI=1S/C24H27F3N5OSe/c1-16-9-10-19(22(14-16)33-3)28-12-5-6-20-24(34(26)27)21-7-4-8-23(32(21)30-20)29-18-11-13-31(2)15-17(18)25/h4,7-10,14,17-18,28-29H,11-13,15H2,1-3H3. The maximum absolute atomic E-state index is 14.5. The minimum atomic E-state index is -4.07. The van der Waals surface area contributed by atoms with Gasteiger partial charge in [-0.15, -0.1) is 0 Å². The van der Waals surface area contributed by atoms with E-state index in [2.05, 4.69) is 27.6 Å². The third-order valence-corrected chi connectivity index (χ3v) is 7.27. The summed E-state index contributed by atoms with van der Waals surface area (Å²) in [5.74, 6) is 6.87. The monoisotopic (exact) mass is 538 g/mol. The third kappa shape index (κ3) is 5.27. The number of nitrogens with one attached hydrogen (secondary N) is 2. The van der Waals surface area contributed by atoms with E-state index >= 15 is 0 Å². The average molecular weight is 537 g/mol. The average Bonchev–Trinajstić information content (AvgIpc) is 3.18. The number of likely N-dealkylation sites (tertiary alicyclic amines) is 1. The summed E-state index contributed by atoms with van der Waals surface area (Å²) in [6.07, 6.45) is -0.442. The van der Waals surface area contributed by atoms with Crippen LogP contribution in [0.5, 0.6) is 5.75 Å². The third-order valence-electron chi connectivity index (χ3n) is 5.78. The van der Waals surface area contributed by atoms with Crippen molar-refractivity contribution in [2.45, 2.75) is 25.6 Å². The predicted molar refractivity (Wildman–Crippen MR) is 130 cm³/mol. The molecular formula is C24H27F3N5OSe. The molecule has 10 heteroatoms. The molecule has 0 saturated carbocycles. The summed E-state index contributed by atoms with van der Waals surface area (Å²) in [5.41, 5.74) is 2.20. The fourth-order valence-corrected chi connectivity index (χ4v) is 5.17. The summed E-state index contributed by atoms with van der Waals surface area (Å²) in [4.78, 5) is 1.94. The Balaban J connectivity index is 1.58. The number of hydrogen-bond donors (Lipinski definition) is 2. The van der Waals surface area contributed by atoms with E-state index in [4.69, 9.17) is 4.74 Å². The van der Waals surface area contributed by atoms with Crippen LogP contribution in [0.2, 0.25) is 0 Å². The SMILES string of the molecule is COc1cc(C)ccc1NCC#Cc1nn2c(NC3CCN(C)CC3F)cccc2c1[Se](F)F. The van der Waals surface area contributed by atoms with Gasteiger partial charge in [-0.1, -0.05) is 0 Å². The van der Waals surface area contributed by atoms with Crippen LogP contribution in [0.3, 0.4) is 0 Å². The van der Waals surface area contributed by atoms with Gasteiger partial charge in [-0.05, 0) is 0 Å². The van der Waals surface area contributed by atoms with Gasteiger partial charge in [-0.2, -0.15) is 0 Å². The molecule has 34 heavy (non-hydrogen) atoms. The number of ether oxygens (including phenoxy) is 1. The molecule has 2 atom stereocenters. The van der Waals surface area contributed by atoms with Crippen LogP contribution >= 0.6 is 0 Å². The number of anilines is 2. The maximum atomic E-state index is 14.5. The van der Waals surface area contributed by atoms with Crippen LogP contribution in [0.15, 0.2) is 36.4 Å². The van der Waals surface area contributed by atoms with Gasteiger partial charge in [0, 0.05) is 0 Å². The molecule has 181 valence electrons. The summed E-state index contributed by atoms with van der Waals surface area (Å²) < 4.78 is 49.4. The Morgan fingerprint density at radius 1 is 1.26 bits per heavy atom. The number of nitrogens with zero attached hydrogens (tertiary/aromatic N) is 3. The molecule has 3 aromatic rings. The number of alkyl halides is 1. The first kappa shape index (κ1) is 24.3. The van der Waals surface area contributed by atoms with Crippen molar-refractivity contribution < 1.29 is 16.2 Å². The molecule has 1 saturated heterocycles. The number of piperidine rings is 1. The van der Waals surface area contributed by atoms with E-state index in [1.807, 2.05) is 37.1 Å². The Hall–Kier alpha value is -2.86. The van der Waals surface area contributed by atoms with Crippen LogP contribution < -0.4 is 19.8 Å². The molecule has 0 spiro atoms. The Morgan fingerprint density at radius 2 is 2.09 bits per heavy atom. The fraction of sp³-hybridized carbons (Fsp3) is 0.375. The van der Waals surface area contributed by atoms with Crippen molar-refractivity contribution in [3.8, 4) is 17.6 Å². The van der Waals surface area contributed by atoms with Gasteiger partial charge in [0.2, 0.25) is 0 Å². The second kappa shape index (κ2) is 10.6. The van der Waals surface area contributed by atoms with E-state index in [1.165, 1.54) is 4.52 Å². The summed E-state index contributed by atoms with van der Waals surface area (Å²) in [6.45, 7) is 3.29. The minimum absolute atomic E-state index is 0.0575. The molecule has 0 bridgehead atoms. The van der Waals surface area contributed by atoms with Crippen molar-refractivity contribution in [1.82, 2.24) is 14.5 Å². The van der Waals surface area contributed by atoms with Crippen LogP contribution in [0.1, 0.15) is 17.7 Å². The van der Waals surface area contributed by atoms with Gasteiger partial charge in [-0.3, -0.25) is 0 Å². The Labute approximate surface area is 202 Å². The first-order valence-corrected chi connectivity index (χ1v) is 13.1. The topological polar surface area (TPSA) is 53.8 Å². The number of methoxy groups -OCH3 is 1. The molecule has 1 radical (unpaired) electrons. The van der Waals surface area contributed by atoms with Gasteiger partial charge in [0.15, 0.2) is 0 Å². The molecule has 2 N–H and O–H groups in total. The summed E-state index contributed by atoms with van der Waals surface area (Å²) in [5, 5.41) is 10.7. The molecular weight excluding hydrogens is 510 g/mol. The number of pyridine rings is 1. The molecule has 1 aliphatic rings. The fourth-order valence-electron chi connectivity index (χ4n) is 4.01. The molecule has 1 fully saturated rings. The van der Waals surface area contributed by atoms with Crippen LogP contribution in [0, 0.1) is 18.8 Å². The molecule has 3 heterocycles. The first-order chi connectivity index (χ1) is 16.4. The van der Waals surface area contributed by atoms with Crippen molar-refractivity contribution in [3.63, 3.8) is 0 Å². The zero-order valence-electron chi connectivity index (χ0n) is 19.2. The van der Waals surface area contributed by atoms with Crippen molar-refractivity contribution in [3.05, 3.63) is 47.7 Å². The Bertz CT molecular complexity index is 1220. The Kier molecular flexibility index (Phi) is 7.57. The number of aryl methyl sites for hydroxylation is 1. The summed E-state index contributed by atoms with van der Waals surface area (Å²) in [7, 11) is 3.47. The second-order valence-electron chi connectivity index (χ2n) is 8.28. The van der Waals surface area contributed by atoms with E-state index in [9.17, 15) is 11.5 Å². The zero-order valence-corrected chi connectivity index (χ0v) is 21.0. The first-order valence-electron chi connectivity index (χ1n) is 10.9. The zero-order chi connectivity index (χ0) is 24.2. The van der Waals surface area contributed by atoms with Crippen LogP contribution in [0.25, 0.3) is 5.52 Å². The predicted octanol–water partition coefficient (Wildman–Crippen LogP) is 3.20. The molecule has 1 aliphatic heterocycles. The molecule has 0 amide bonds. The van der Waals surface area contributed by atoms with E-state index in [0.29, 0.717) is 30.0 Å². The van der Waals surface area contributed by atoms with Crippen LogP contribution in [-0.2, 0) is 0 Å². The quantitative estimate of drug-likeness (QED) is 0.374. The number of hydrogen-bond acceptors (Lipinski definition) is 5. The van der Waals surface area contributed by atoms with Gasteiger partial charge in [-0.25, -0.2) is 0 Å². The van der Waals surface area contributed by atoms with Gasteiger partial charge in [0.1, 0.15) is 0 Å². The molecule has 1 aromatic carbocycles. The van der Waals surface area contributed by atoms with Crippen molar-refractivity contribution >= 4 is 36.3 Å². The second-order valence-corrected chi connectivity index (χ2v) is 10.0. The van der Waals surface area contributed by atoms with Gasteiger partial charge >= 0.3 is 202 Å². The number of benzene rings is 1. The van der Waals surface area contributed by atoms with E-state index < -0.39 is 27.0 Å². The number of aromatic nitrogens is 2. The normalized spacial score (nSPS) is 18.6. The molecule has 6 nitrogen and oxygen atoms in total. The van der Waals surface area contributed by atoms with Crippen LogP contribution in [0.4, 0.5) is 23.0 Å². The van der Waals surface area contributed by atoms with E-state index in [1.54, 1.807) is 25.3 Å². The molecule has 2 unspecified atom stereocenters. The number of halogens is 3. The van der Waals surface area contributed by atoms with E-state index in [0.717, 1.165) is 17.8 Å². The molecule has 0 aliphatic carbocycles.